The van der Waals surface area contributed by atoms with Gasteiger partial charge < -0.3 is 4.74 Å². The molecule has 7 nitrogen and oxygen atoms in total. The van der Waals surface area contributed by atoms with Crippen LogP contribution < -0.4 is 9.88 Å². The lowest BCUT2D eigenvalue weighted by atomic mass is 10.1. The molecule has 0 aliphatic heterocycles. The highest BCUT2D eigenvalue weighted by Gasteiger charge is 2.22. The highest BCUT2D eigenvalue weighted by atomic mass is 32.2. The molecule has 2 aromatic rings. The predicted octanol–water partition coefficient (Wildman–Crippen LogP) is 0.306. The Balaban J connectivity index is 2.56. The summed E-state index contributed by atoms with van der Waals surface area (Å²) < 4.78 is 51.6. The number of hydrogen-bond acceptors (Lipinski definition) is 6. The highest BCUT2D eigenvalue weighted by molar-refractivity contribution is 7.94. The number of primary sulfonamides is 1. The molecule has 0 saturated heterocycles. The number of pyridine rings is 1. The normalized spacial score (nSPS) is 12.5. The number of aromatic nitrogens is 1. The van der Waals surface area contributed by atoms with E-state index in [1.165, 1.54) is 13.3 Å². The molecule has 0 amide bonds. The van der Waals surface area contributed by atoms with E-state index in [0.717, 1.165) is 0 Å². The molecule has 0 spiro atoms. The van der Waals surface area contributed by atoms with Gasteiger partial charge in [-0.3, -0.25) is 0 Å². The van der Waals surface area contributed by atoms with Crippen LogP contribution in [0.3, 0.4) is 0 Å². The maximum atomic E-state index is 12.3. The first-order valence-corrected chi connectivity index (χ1v) is 9.26. The van der Waals surface area contributed by atoms with Gasteiger partial charge in [-0.2, -0.15) is 0 Å². The van der Waals surface area contributed by atoms with E-state index in [1.54, 1.807) is 24.3 Å². The Morgan fingerprint density at radius 2 is 1.81 bits per heavy atom. The van der Waals surface area contributed by atoms with E-state index >= 15 is 0 Å². The molecule has 21 heavy (non-hydrogen) atoms. The molecule has 1 heterocycles. The molecule has 9 heteroatoms. The van der Waals surface area contributed by atoms with Crippen LogP contribution in [0, 0.1) is 0 Å². The summed E-state index contributed by atoms with van der Waals surface area (Å²) in [4.78, 5) is 3.88. The number of nitrogens with two attached hydrogens (primary N) is 1. The van der Waals surface area contributed by atoms with Crippen molar-refractivity contribution >= 4 is 30.6 Å². The summed E-state index contributed by atoms with van der Waals surface area (Å²) in [6.07, 6.45) is 1.34. The summed E-state index contributed by atoms with van der Waals surface area (Å²) in [5, 5.41) is 5.64. The second-order valence-electron chi connectivity index (χ2n) is 4.36. The predicted molar refractivity (Wildman–Crippen MR) is 78.3 cm³/mol. The van der Waals surface area contributed by atoms with E-state index in [-0.39, 0.29) is 5.03 Å². The van der Waals surface area contributed by atoms with Crippen molar-refractivity contribution in [2.75, 3.05) is 18.6 Å². The largest absolute Gasteiger partial charge is 0.496 e. The summed E-state index contributed by atoms with van der Waals surface area (Å²) in [5.74, 6) is -0.759. The molecule has 0 unspecified atom stereocenters. The number of methoxy groups -OCH3 is 1. The highest BCUT2D eigenvalue weighted by Crippen LogP contribution is 2.29. The monoisotopic (exact) mass is 330 g/mol. The molecule has 0 aliphatic rings. The summed E-state index contributed by atoms with van der Waals surface area (Å²) in [5.41, 5.74) is 0. The van der Waals surface area contributed by atoms with Crippen molar-refractivity contribution in [1.82, 2.24) is 4.98 Å². The first kappa shape index (κ1) is 15.7. The van der Waals surface area contributed by atoms with E-state index in [0.29, 0.717) is 16.5 Å². The van der Waals surface area contributed by atoms with Gasteiger partial charge >= 0.3 is 0 Å². The summed E-state index contributed by atoms with van der Waals surface area (Å²) >= 11 is 0. The van der Waals surface area contributed by atoms with Crippen LogP contribution in [0.5, 0.6) is 5.75 Å². The first-order chi connectivity index (χ1) is 9.74. The van der Waals surface area contributed by atoms with Gasteiger partial charge in [-0.25, -0.2) is 27.0 Å². The Bertz CT molecular complexity index is 876. The fourth-order valence-electron chi connectivity index (χ4n) is 1.90. The van der Waals surface area contributed by atoms with Crippen LogP contribution in [0.4, 0.5) is 0 Å². The summed E-state index contributed by atoms with van der Waals surface area (Å²) in [6.45, 7) is 0. The third kappa shape index (κ3) is 3.49. The minimum Gasteiger partial charge on any atom is -0.496 e. The van der Waals surface area contributed by atoms with Gasteiger partial charge in [-0.05, 0) is 12.1 Å². The minimum absolute atomic E-state index is 0.178. The Morgan fingerprint density at radius 1 is 1.10 bits per heavy atom. The van der Waals surface area contributed by atoms with Gasteiger partial charge in [0.1, 0.15) is 5.75 Å². The van der Waals surface area contributed by atoms with Crippen LogP contribution in [0.15, 0.2) is 35.5 Å². The Hall–Kier alpha value is -1.71. The zero-order chi connectivity index (χ0) is 15.7. The van der Waals surface area contributed by atoms with Crippen LogP contribution in [0.1, 0.15) is 0 Å². The number of nitrogens with zero attached hydrogens (tertiary/aromatic N) is 1. The van der Waals surface area contributed by atoms with Crippen molar-refractivity contribution < 1.29 is 21.6 Å². The standard InChI is InChI=1S/C12H14N2O5S2/c1-19-11-4-2-3-10-9(11)5-6-14-12(10)20(15,16)7-8-21(13,17)18/h2-6H,7-8H2,1H3,(H2,13,17,18). The number of sulfonamides is 1. The average molecular weight is 330 g/mol. The van der Waals surface area contributed by atoms with E-state index < -0.39 is 31.4 Å². The Morgan fingerprint density at radius 3 is 2.43 bits per heavy atom. The number of hydrogen-bond donors (Lipinski definition) is 1. The third-order valence-corrected chi connectivity index (χ3v) is 5.57. The lowest BCUT2D eigenvalue weighted by Gasteiger charge is -2.09. The van der Waals surface area contributed by atoms with Crippen LogP contribution in [-0.2, 0) is 19.9 Å². The van der Waals surface area contributed by atoms with E-state index in [1.807, 2.05) is 0 Å². The number of rotatable bonds is 5. The van der Waals surface area contributed by atoms with Crippen molar-refractivity contribution in [3.8, 4) is 5.75 Å². The van der Waals surface area contributed by atoms with Gasteiger partial charge in [0, 0.05) is 17.0 Å². The molecule has 2 rings (SSSR count). The van der Waals surface area contributed by atoms with Crippen LogP contribution in [-0.4, -0.2) is 40.4 Å². The van der Waals surface area contributed by atoms with Gasteiger partial charge in [0.2, 0.25) is 10.0 Å². The van der Waals surface area contributed by atoms with Crippen LogP contribution in [0.2, 0.25) is 0 Å². The molecule has 0 atom stereocenters. The van der Waals surface area contributed by atoms with Gasteiger partial charge in [0.15, 0.2) is 14.9 Å². The molecule has 1 aromatic carbocycles. The van der Waals surface area contributed by atoms with E-state index in [2.05, 4.69) is 4.98 Å². The fourth-order valence-corrected chi connectivity index (χ4v) is 4.63. The number of fused-ring (bicyclic) bond motifs is 1. The fraction of sp³-hybridized carbons (Fsp3) is 0.250. The molecule has 1 aromatic heterocycles. The molecule has 114 valence electrons. The molecular formula is C12H14N2O5S2. The number of benzene rings is 1. The number of sulfone groups is 1. The molecular weight excluding hydrogens is 316 g/mol. The first-order valence-electron chi connectivity index (χ1n) is 5.89. The summed E-state index contributed by atoms with van der Waals surface area (Å²) in [6, 6.07) is 6.56. The van der Waals surface area contributed by atoms with Crippen molar-refractivity contribution in [2.24, 2.45) is 5.14 Å². The topological polar surface area (TPSA) is 116 Å². The average Bonchev–Trinajstić information content (AvgIpc) is 2.43. The lowest BCUT2D eigenvalue weighted by Crippen LogP contribution is -2.23. The van der Waals surface area contributed by atoms with Crippen molar-refractivity contribution in [3.63, 3.8) is 0 Å². The summed E-state index contributed by atoms with van der Waals surface area (Å²) in [7, 11) is -6.26. The smallest absolute Gasteiger partial charge is 0.210 e. The maximum absolute atomic E-state index is 12.3. The van der Waals surface area contributed by atoms with Gasteiger partial charge in [-0.1, -0.05) is 12.1 Å². The van der Waals surface area contributed by atoms with Gasteiger partial charge in [0.05, 0.1) is 18.6 Å². The van der Waals surface area contributed by atoms with Gasteiger partial charge in [0.25, 0.3) is 0 Å². The Kier molecular flexibility index (Phi) is 4.17. The molecule has 0 radical (unpaired) electrons. The number of ether oxygens (including phenoxy) is 1. The van der Waals surface area contributed by atoms with E-state index in [9.17, 15) is 16.8 Å². The SMILES string of the molecule is COc1cccc2c(S(=O)(=O)CCS(N)(=O)=O)nccc12. The second-order valence-corrected chi connectivity index (χ2v) is 8.12. The lowest BCUT2D eigenvalue weighted by molar-refractivity contribution is 0.419. The molecule has 0 fully saturated rings. The zero-order valence-electron chi connectivity index (χ0n) is 11.2. The van der Waals surface area contributed by atoms with Crippen LogP contribution >= 0.6 is 0 Å². The zero-order valence-corrected chi connectivity index (χ0v) is 12.8. The minimum atomic E-state index is -3.87. The molecule has 0 bridgehead atoms. The van der Waals surface area contributed by atoms with E-state index in [4.69, 9.17) is 9.88 Å². The van der Waals surface area contributed by atoms with Crippen molar-refractivity contribution in [2.45, 2.75) is 5.03 Å². The molecule has 0 aliphatic carbocycles. The van der Waals surface area contributed by atoms with Crippen LogP contribution in [0.25, 0.3) is 10.8 Å². The van der Waals surface area contributed by atoms with Gasteiger partial charge in [-0.15, -0.1) is 0 Å². The second kappa shape index (κ2) is 5.58. The molecule has 0 saturated carbocycles. The molecule has 2 N–H and O–H groups in total. The Labute approximate surface area is 122 Å². The third-order valence-electron chi connectivity index (χ3n) is 2.88. The van der Waals surface area contributed by atoms with Crippen molar-refractivity contribution in [1.29, 1.82) is 0 Å². The van der Waals surface area contributed by atoms with Crippen molar-refractivity contribution in [3.05, 3.63) is 30.5 Å². The quantitative estimate of drug-likeness (QED) is 0.843. The maximum Gasteiger partial charge on any atom is 0.210 e.